The maximum atomic E-state index is 8.11. The third-order valence-corrected chi connectivity index (χ3v) is 3.30. The summed E-state index contributed by atoms with van der Waals surface area (Å²) in [6.45, 7) is 6.19. The van der Waals surface area contributed by atoms with Gasteiger partial charge in [0, 0.05) is 24.9 Å². The molecule has 1 aromatic rings. The smallest absolute Gasteiger partial charge is 0.135 e. The molecule has 110 valence electrons. The number of hydrogen-bond donors (Lipinski definition) is 2. The number of piperidine rings is 1. The van der Waals surface area contributed by atoms with E-state index in [0.717, 1.165) is 13.1 Å². The van der Waals surface area contributed by atoms with E-state index in [0.29, 0.717) is 17.5 Å². The number of oxime groups is 1. The fourth-order valence-corrected chi connectivity index (χ4v) is 2.45. The molecule has 6 nitrogen and oxygen atoms in total. The molecule has 1 saturated carbocycles. The maximum absolute atomic E-state index is 8.11. The summed E-state index contributed by atoms with van der Waals surface area (Å²) < 4.78 is 0. The van der Waals surface area contributed by atoms with Crippen molar-refractivity contribution in [3.8, 4) is 6.07 Å². The molecule has 2 unspecified atom stereocenters. The number of nitrogens with zero attached hydrogens (tertiary/aromatic N) is 3. The first kappa shape index (κ1) is 16.2. The van der Waals surface area contributed by atoms with Crippen molar-refractivity contribution in [1.29, 1.82) is 5.26 Å². The van der Waals surface area contributed by atoms with E-state index in [-0.39, 0.29) is 0 Å². The standard InChI is InChI=1S/C8H14N2O.C4H3N3.C2H6/c1-11-10-8-6-2-3-7(8)5-9-4-6;5-3-4-1-2-6-7-4;1-2/h6-7,9H,2-5H2,1H3;1-2H,(H,6,7);1-2H3. The summed E-state index contributed by atoms with van der Waals surface area (Å²) in [4.78, 5) is 4.82. The van der Waals surface area contributed by atoms with Crippen LogP contribution < -0.4 is 5.32 Å². The third-order valence-electron chi connectivity index (χ3n) is 3.30. The van der Waals surface area contributed by atoms with Crippen molar-refractivity contribution >= 4 is 5.71 Å². The second-order valence-electron chi connectivity index (χ2n) is 4.41. The van der Waals surface area contributed by atoms with Gasteiger partial charge in [0.2, 0.25) is 0 Å². The van der Waals surface area contributed by atoms with Crippen LogP contribution in [0.15, 0.2) is 17.4 Å². The van der Waals surface area contributed by atoms with Crippen LogP contribution in [0.2, 0.25) is 0 Å². The molecule has 2 aliphatic rings. The highest BCUT2D eigenvalue weighted by molar-refractivity contribution is 5.91. The molecule has 1 aromatic heterocycles. The number of aromatic nitrogens is 2. The van der Waals surface area contributed by atoms with Gasteiger partial charge in [-0.25, -0.2) is 0 Å². The van der Waals surface area contributed by atoms with Gasteiger partial charge in [0.05, 0.1) is 11.9 Å². The molecule has 3 rings (SSSR count). The van der Waals surface area contributed by atoms with Gasteiger partial charge < -0.3 is 10.2 Å². The normalized spacial score (nSPS) is 22.6. The quantitative estimate of drug-likeness (QED) is 0.768. The predicted octanol–water partition coefficient (Wildman–Crippen LogP) is 1.93. The van der Waals surface area contributed by atoms with Crippen LogP contribution in [0.1, 0.15) is 32.4 Å². The van der Waals surface area contributed by atoms with Gasteiger partial charge in [-0.3, -0.25) is 5.10 Å². The number of nitriles is 1. The molecule has 2 bridgehead atoms. The molecule has 1 aliphatic carbocycles. The number of aromatic amines is 1. The van der Waals surface area contributed by atoms with Gasteiger partial charge >= 0.3 is 0 Å². The van der Waals surface area contributed by atoms with Crippen molar-refractivity contribution in [2.45, 2.75) is 26.7 Å². The number of fused-ring (bicyclic) bond motifs is 2. The highest BCUT2D eigenvalue weighted by atomic mass is 16.6. The van der Waals surface area contributed by atoms with Crippen molar-refractivity contribution in [3.63, 3.8) is 0 Å². The number of H-pyrrole nitrogens is 1. The van der Waals surface area contributed by atoms with E-state index in [4.69, 9.17) is 10.1 Å². The first-order valence-electron chi connectivity index (χ1n) is 7.06. The van der Waals surface area contributed by atoms with Crippen LogP contribution in [0, 0.1) is 23.2 Å². The molecule has 0 spiro atoms. The average Bonchev–Trinajstić information content (AvgIpc) is 3.09. The summed E-state index contributed by atoms with van der Waals surface area (Å²) >= 11 is 0. The minimum atomic E-state index is 0.500. The van der Waals surface area contributed by atoms with Crippen LogP contribution in [0.25, 0.3) is 0 Å². The lowest BCUT2D eigenvalue weighted by molar-refractivity contribution is 0.208. The Morgan fingerprint density at radius 1 is 1.35 bits per heavy atom. The number of hydrogen-bond acceptors (Lipinski definition) is 5. The molecular formula is C14H23N5O. The van der Waals surface area contributed by atoms with Crippen LogP contribution >= 0.6 is 0 Å². The topological polar surface area (TPSA) is 86.1 Å². The molecule has 1 saturated heterocycles. The zero-order valence-corrected chi connectivity index (χ0v) is 12.4. The summed E-state index contributed by atoms with van der Waals surface area (Å²) in [5.41, 5.74) is 1.80. The predicted molar refractivity (Wildman–Crippen MR) is 78.2 cm³/mol. The molecule has 0 aromatic carbocycles. The molecule has 2 fully saturated rings. The van der Waals surface area contributed by atoms with Crippen molar-refractivity contribution in [2.24, 2.45) is 17.0 Å². The van der Waals surface area contributed by atoms with Gasteiger partial charge in [0.15, 0.2) is 0 Å². The van der Waals surface area contributed by atoms with E-state index in [9.17, 15) is 0 Å². The van der Waals surface area contributed by atoms with Crippen LogP contribution in [0.5, 0.6) is 0 Å². The monoisotopic (exact) mass is 277 g/mol. The van der Waals surface area contributed by atoms with Gasteiger partial charge in [0.25, 0.3) is 0 Å². The highest BCUT2D eigenvalue weighted by Crippen LogP contribution is 2.30. The Hall–Kier alpha value is -1.87. The van der Waals surface area contributed by atoms with Crippen molar-refractivity contribution in [1.82, 2.24) is 15.5 Å². The van der Waals surface area contributed by atoms with E-state index in [2.05, 4.69) is 20.7 Å². The minimum Gasteiger partial charge on any atom is -0.399 e. The molecule has 0 amide bonds. The number of nitrogens with one attached hydrogen (secondary N) is 2. The van der Waals surface area contributed by atoms with E-state index in [1.54, 1.807) is 19.4 Å². The van der Waals surface area contributed by atoms with Crippen LogP contribution in [0.4, 0.5) is 0 Å². The van der Waals surface area contributed by atoms with Gasteiger partial charge in [-0.2, -0.15) is 10.4 Å². The zero-order valence-electron chi connectivity index (χ0n) is 12.4. The lowest BCUT2D eigenvalue weighted by atomic mass is 9.98. The zero-order chi connectivity index (χ0) is 14.8. The van der Waals surface area contributed by atoms with Gasteiger partial charge in [0.1, 0.15) is 18.9 Å². The first-order valence-corrected chi connectivity index (χ1v) is 7.06. The maximum Gasteiger partial charge on any atom is 0.135 e. The summed E-state index contributed by atoms with van der Waals surface area (Å²) in [6.07, 6.45) is 4.12. The van der Waals surface area contributed by atoms with Crippen molar-refractivity contribution in [3.05, 3.63) is 18.0 Å². The first-order chi connectivity index (χ1) is 9.85. The van der Waals surface area contributed by atoms with E-state index >= 15 is 0 Å². The SMILES string of the molecule is CC.CON=C1C2CCC1CNC2.N#Cc1ccn[nH]1. The van der Waals surface area contributed by atoms with Crippen LogP contribution in [-0.2, 0) is 4.84 Å². The van der Waals surface area contributed by atoms with Gasteiger partial charge in [-0.15, -0.1) is 0 Å². The molecule has 1 aliphatic heterocycles. The third kappa shape index (κ3) is 4.35. The Labute approximate surface area is 120 Å². The Kier molecular flexibility index (Phi) is 7.36. The molecule has 0 radical (unpaired) electrons. The Morgan fingerprint density at radius 2 is 2.00 bits per heavy atom. The molecule has 6 heteroatoms. The van der Waals surface area contributed by atoms with E-state index < -0.39 is 0 Å². The lowest BCUT2D eigenvalue weighted by Crippen LogP contribution is -2.38. The largest absolute Gasteiger partial charge is 0.399 e. The van der Waals surface area contributed by atoms with E-state index in [1.165, 1.54) is 18.6 Å². The highest BCUT2D eigenvalue weighted by Gasteiger charge is 2.35. The van der Waals surface area contributed by atoms with Crippen LogP contribution in [0.3, 0.4) is 0 Å². The molecular weight excluding hydrogens is 254 g/mol. The summed E-state index contributed by atoms with van der Waals surface area (Å²) in [6, 6.07) is 3.50. The Bertz CT molecular complexity index is 417. The Morgan fingerprint density at radius 3 is 2.40 bits per heavy atom. The molecule has 20 heavy (non-hydrogen) atoms. The lowest BCUT2D eigenvalue weighted by Gasteiger charge is -2.21. The van der Waals surface area contributed by atoms with Gasteiger partial charge in [-0.05, 0) is 18.9 Å². The summed E-state index contributed by atoms with van der Waals surface area (Å²) in [5.74, 6) is 1.32. The number of rotatable bonds is 1. The van der Waals surface area contributed by atoms with Crippen LogP contribution in [-0.4, -0.2) is 36.1 Å². The molecule has 2 N–H and O–H groups in total. The fourth-order valence-electron chi connectivity index (χ4n) is 2.45. The Balaban J connectivity index is 0.000000193. The minimum absolute atomic E-state index is 0.500. The summed E-state index contributed by atoms with van der Waals surface area (Å²) in [5, 5.41) is 21.6. The fraction of sp³-hybridized carbons (Fsp3) is 0.643. The molecule has 2 heterocycles. The van der Waals surface area contributed by atoms with E-state index in [1.807, 2.05) is 19.9 Å². The van der Waals surface area contributed by atoms with Gasteiger partial charge in [-0.1, -0.05) is 19.0 Å². The van der Waals surface area contributed by atoms with Crippen molar-refractivity contribution < 1.29 is 4.84 Å². The second-order valence-corrected chi connectivity index (χ2v) is 4.41. The average molecular weight is 277 g/mol. The summed E-state index contributed by atoms with van der Waals surface area (Å²) in [7, 11) is 1.63. The molecule has 2 atom stereocenters. The second kappa shape index (κ2) is 9.10. The van der Waals surface area contributed by atoms with Crippen molar-refractivity contribution in [2.75, 3.05) is 20.2 Å².